The summed E-state index contributed by atoms with van der Waals surface area (Å²) in [5.41, 5.74) is 0. The quantitative estimate of drug-likeness (QED) is 0.655. The van der Waals surface area contributed by atoms with Crippen molar-refractivity contribution in [3.63, 3.8) is 0 Å². The van der Waals surface area contributed by atoms with E-state index in [1.807, 2.05) is 0 Å². The number of aliphatic carboxylic acids is 2. The fourth-order valence-electron chi connectivity index (χ4n) is 0.794. The van der Waals surface area contributed by atoms with Crippen LogP contribution in [0.5, 0.6) is 0 Å². The Labute approximate surface area is 97.6 Å². The Balaban J connectivity index is 3.99. The molecule has 1 atom stereocenters. The van der Waals surface area contributed by atoms with Crippen LogP contribution in [0.4, 0.5) is 0 Å². The Morgan fingerprint density at radius 3 is 2.25 bits per heavy atom. The van der Waals surface area contributed by atoms with Crippen LogP contribution in [0.15, 0.2) is 0 Å². The van der Waals surface area contributed by atoms with Gasteiger partial charge in [0.2, 0.25) is 5.91 Å². The van der Waals surface area contributed by atoms with Gasteiger partial charge in [-0.05, 0) is 0 Å². The van der Waals surface area contributed by atoms with Crippen LogP contribution >= 0.6 is 11.8 Å². The molecule has 0 heterocycles. The zero-order valence-electron chi connectivity index (χ0n) is 9.04. The van der Waals surface area contributed by atoms with Crippen molar-refractivity contribution >= 4 is 29.6 Å². The smallest absolute Gasteiger partial charge is 0.317 e. The van der Waals surface area contributed by atoms with E-state index in [2.05, 4.69) is 0 Å². The molecule has 0 saturated carbocycles. The molecule has 2 N–H and O–H groups in total. The van der Waals surface area contributed by atoms with E-state index in [1.54, 1.807) is 14.1 Å². The molecule has 7 heteroatoms. The Bertz CT molecular complexity index is 279. The van der Waals surface area contributed by atoms with Crippen molar-refractivity contribution in [1.82, 2.24) is 4.90 Å². The second-order valence-electron chi connectivity index (χ2n) is 3.19. The monoisotopic (exact) mass is 248 g/mol. The maximum absolute atomic E-state index is 11.1. The predicted molar refractivity (Wildman–Crippen MR) is 59.1 cm³/mol. The number of nitrogens with zero attached hydrogens (tertiary/aromatic N) is 1. The zero-order chi connectivity index (χ0) is 12.7. The first kappa shape index (κ1) is 14.8. The number of rotatable bonds is 7. The lowest BCUT2D eigenvalue weighted by Gasteiger charge is -2.11. The summed E-state index contributed by atoms with van der Waals surface area (Å²) in [6.07, 6.45) is 0.868. The zero-order valence-corrected chi connectivity index (χ0v) is 9.86. The SMILES string of the molecule is CN(C)C(=O)[CH]CSC(CC(=O)O)C(=O)O. The molecule has 91 valence electrons. The summed E-state index contributed by atoms with van der Waals surface area (Å²) < 4.78 is 0. The number of carbonyl (C=O) groups excluding carboxylic acids is 1. The third-order valence-corrected chi connectivity index (χ3v) is 2.76. The van der Waals surface area contributed by atoms with Gasteiger partial charge >= 0.3 is 11.9 Å². The lowest BCUT2D eigenvalue weighted by atomic mass is 10.3. The van der Waals surface area contributed by atoms with Gasteiger partial charge in [-0.25, -0.2) is 0 Å². The van der Waals surface area contributed by atoms with Crippen LogP contribution in [0.25, 0.3) is 0 Å². The van der Waals surface area contributed by atoms with Crippen LogP contribution in [0.1, 0.15) is 6.42 Å². The maximum Gasteiger partial charge on any atom is 0.317 e. The van der Waals surface area contributed by atoms with Gasteiger partial charge in [-0.2, -0.15) is 0 Å². The number of hydrogen-bond donors (Lipinski definition) is 2. The largest absolute Gasteiger partial charge is 0.481 e. The molecule has 0 bridgehead atoms. The van der Waals surface area contributed by atoms with Crippen LogP contribution < -0.4 is 0 Å². The molecule has 0 rings (SSSR count). The molecule has 0 saturated heterocycles. The predicted octanol–water partition coefficient (Wildman–Crippen LogP) is -0.0600. The molecule has 6 nitrogen and oxygen atoms in total. The van der Waals surface area contributed by atoms with E-state index in [9.17, 15) is 14.4 Å². The summed E-state index contributed by atoms with van der Waals surface area (Å²) in [6, 6.07) is 0. The summed E-state index contributed by atoms with van der Waals surface area (Å²) in [5.74, 6) is -2.40. The number of hydrogen-bond acceptors (Lipinski definition) is 4. The topological polar surface area (TPSA) is 94.9 Å². The van der Waals surface area contributed by atoms with Gasteiger partial charge in [0.25, 0.3) is 0 Å². The molecule has 0 aromatic rings. The highest BCUT2D eigenvalue weighted by molar-refractivity contribution is 8.00. The highest BCUT2D eigenvalue weighted by Gasteiger charge is 2.21. The molecule has 16 heavy (non-hydrogen) atoms. The van der Waals surface area contributed by atoms with Crippen molar-refractivity contribution in [2.45, 2.75) is 11.7 Å². The summed E-state index contributed by atoms with van der Waals surface area (Å²) in [4.78, 5) is 33.5. The van der Waals surface area contributed by atoms with E-state index in [4.69, 9.17) is 10.2 Å². The summed E-state index contributed by atoms with van der Waals surface area (Å²) in [7, 11) is 3.16. The van der Waals surface area contributed by atoms with Gasteiger partial charge in [0.1, 0.15) is 5.25 Å². The van der Waals surface area contributed by atoms with Crippen LogP contribution in [-0.4, -0.2) is 58.1 Å². The van der Waals surface area contributed by atoms with E-state index in [-0.39, 0.29) is 11.7 Å². The standard InChI is InChI=1S/C9H14NO5S/c1-10(2)7(11)3-4-16-6(9(14)15)5-8(12)13/h3,6H,4-5H2,1-2H3,(H,12,13)(H,14,15). The number of amides is 1. The molecular formula is C9H14NO5S. The lowest BCUT2D eigenvalue weighted by Crippen LogP contribution is -2.24. The first-order chi connectivity index (χ1) is 7.34. The normalized spacial score (nSPS) is 11.9. The molecule has 0 spiro atoms. The van der Waals surface area contributed by atoms with Gasteiger partial charge in [-0.3, -0.25) is 14.4 Å². The molecule has 1 radical (unpaired) electrons. The third-order valence-electron chi connectivity index (χ3n) is 1.63. The van der Waals surface area contributed by atoms with Gasteiger partial charge in [-0.15, -0.1) is 11.8 Å². The molecule has 0 aliphatic heterocycles. The van der Waals surface area contributed by atoms with Gasteiger partial charge in [0.05, 0.1) is 12.8 Å². The summed E-state index contributed by atoms with van der Waals surface area (Å²) >= 11 is 0.920. The second-order valence-corrected chi connectivity index (χ2v) is 4.43. The minimum Gasteiger partial charge on any atom is -0.481 e. The van der Waals surface area contributed by atoms with Crippen LogP contribution in [0.2, 0.25) is 0 Å². The number of thioether (sulfide) groups is 1. The Hall–Kier alpha value is -1.24. The second kappa shape index (κ2) is 7.10. The Morgan fingerprint density at radius 2 is 1.88 bits per heavy atom. The van der Waals surface area contributed by atoms with E-state index in [0.29, 0.717) is 0 Å². The van der Waals surface area contributed by atoms with Crippen LogP contribution in [-0.2, 0) is 14.4 Å². The molecule has 0 aromatic carbocycles. The molecular weight excluding hydrogens is 234 g/mol. The fraction of sp³-hybridized carbons (Fsp3) is 0.556. The minimum atomic E-state index is -1.18. The minimum absolute atomic E-state index is 0.182. The van der Waals surface area contributed by atoms with Crippen molar-refractivity contribution in [1.29, 1.82) is 0 Å². The van der Waals surface area contributed by atoms with Gasteiger partial charge < -0.3 is 15.1 Å². The molecule has 0 aromatic heterocycles. The summed E-state index contributed by atoms with van der Waals surface area (Å²) in [6.45, 7) is 0. The van der Waals surface area contributed by atoms with Gasteiger partial charge in [-0.1, -0.05) is 0 Å². The van der Waals surface area contributed by atoms with E-state index in [1.165, 1.54) is 11.3 Å². The number of carboxylic acid groups (broad SMARTS) is 2. The molecule has 1 amide bonds. The van der Waals surface area contributed by atoms with Gasteiger partial charge in [0, 0.05) is 19.8 Å². The number of carboxylic acids is 2. The maximum atomic E-state index is 11.1. The van der Waals surface area contributed by atoms with Crippen LogP contribution in [0, 0.1) is 6.42 Å². The van der Waals surface area contributed by atoms with E-state index >= 15 is 0 Å². The van der Waals surface area contributed by atoms with E-state index < -0.39 is 23.6 Å². The van der Waals surface area contributed by atoms with Crippen LogP contribution in [0.3, 0.4) is 0 Å². The first-order valence-electron chi connectivity index (χ1n) is 4.45. The van der Waals surface area contributed by atoms with Gasteiger partial charge in [0.15, 0.2) is 0 Å². The average molecular weight is 248 g/mol. The first-order valence-corrected chi connectivity index (χ1v) is 5.50. The molecule has 0 aliphatic carbocycles. The Morgan fingerprint density at radius 1 is 1.31 bits per heavy atom. The lowest BCUT2D eigenvalue weighted by molar-refractivity contribution is -0.142. The van der Waals surface area contributed by atoms with Crippen molar-refractivity contribution in [2.75, 3.05) is 19.8 Å². The molecule has 0 aliphatic rings. The average Bonchev–Trinajstić information content (AvgIpc) is 2.14. The van der Waals surface area contributed by atoms with Crippen molar-refractivity contribution in [3.05, 3.63) is 6.42 Å². The molecule has 1 unspecified atom stereocenters. The van der Waals surface area contributed by atoms with Crippen molar-refractivity contribution < 1.29 is 24.6 Å². The number of carbonyl (C=O) groups is 3. The van der Waals surface area contributed by atoms with Crippen molar-refractivity contribution in [3.8, 4) is 0 Å². The summed E-state index contributed by atoms with van der Waals surface area (Å²) in [5, 5.41) is 16.1. The Kier molecular flexibility index (Phi) is 6.55. The molecule has 0 fully saturated rings. The van der Waals surface area contributed by atoms with E-state index in [0.717, 1.165) is 11.8 Å². The highest BCUT2D eigenvalue weighted by Crippen LogP contribution is 2.16. The highest BCUT2D eigenvalue weighted by atomic mass is 32.2. The van der Waals surface area contributed by atoms with Crippen molar-refractivity contribution in [2.24, 2.45) is 0 Å². The third kappa shape index (κ3) is 6.28. The fourth-order valence-corrected chi connectivity index (χ4v) is 1.67.